The number of carbonyl (C=O) groups is 1. The molecule has 82 valence electrons. The molecule has 4 nitrogen and oxygen atoms in total. The van der Waals surface area contributed by atoms with Crippen molar-refractivity contribution in [1.29, 1.82) is 0 Å². The number of hydrogen-bond donors (Lipinski definition) is 2. The van der Waals surface area contributed by atoms with Gasteiger partial charge in [-0.3, -0.25) is 4.79 Å². The van der Waals surface area contributed by atoms with Crippen LogP contribution in [0.25, 0.3) is 0 Å². The van der Waals surface area contributed by atoms with Crippen LogP contribution in [-0.2, 0) is 4.79 Å². The number of rotatable bonds is 4. The van der Waals surface area contributed by atoms with Crippen molar-refractivity contribution in [2.45, 2.75) is 6.04 Å². The van der Waals surface area contributed by atoms with Crippen LogP contribution in [0.1, 0.15) is 0 Å². The first-order chi connectivity index (χ1) is 7.00. The van der Waals surface area contributed by atoms with Gasteiger partial charge in [0.2, 0.25) is 0 Å². The Hall–Kier alpha value is -0.970. The van der Waals surface area contributed by atoms with Gasteiger partial charge in [-0.15, -0.1) is 0 Å². The Bertz CT molecular complexity index is 370. The minimum absolute atomic E-state index is 0.118. The third kappa shape index (κ3) is 3.58. The van der Waals surface area contributed by atoms with Crippen molar-refractivity contribution in [3.8, 4) is 5.75 Å². The molecule has 0 aromatic heterocycles. The average Bonchev–Trinajstić information content (AvgIpc) is 2.19. The van der Waals surface area contributed by atoms with Gasteiger partial charge in [0, 0.05) is 6.07 Å². The van der Waals surface area contributed by atoms with Gasteiger partial charge in [-0.1, -0.05) is 23.2 Å². The molecule has 0 spiro atoms. The molecule has 0 aliphatic heterocycles. The minimum atomic E-state index is -1.12. The first kappa shape index (κ1) is 12.1. The molecule has 6 heteroatoms. The molecule has 0 aliphatic carbocycles. The second-order valence-corrected chi connectivity index (χ2v) is 3.65. The predicted octanol–water partition coefficient (Wildman–Crippen LogP) is 1.78. The molecule has 0 bridgehead atoms. The summed E-state index contributed by atoms with van der Waals surface area (Å²) in [6.07, 6.45) is 0. The van der Waals surface area contributed by atoms with Gasteiger partial charge in [0.05, 0.1) is 10.0 Å². The maximum atomic E-state index is 10.4. The monoisotopic (exact) mass is 249 g/mol. The average molecular weight is 250 g/mol. The van der Waals surface area contributed by atoms with Gasteiger partial charge in [0.1, 0.15) is 18.4 Å². The van der Waals surface area contributed by atoms with Crippen LogP contribution in [0.5, 0.6) is 5.75 Å². The smallest absolute Gasteiger partial charge is 0.324 e. The van der Waals surface area contributed by atoms with Crippen LogP contribution < -0.4 is 10.5 Å². The normalized spacial score (nSPS) is 12.2. The van der Waals surface area contributed by atoms with Crippen LogP contribution in [0, 0.1) is 0 Å². The Kier molecular flexibility index (Phi) is 4.20. The summed E-state index contributed by atoms with van der Waals surface area (Å²) in [5, 5.41) is 9.26. The van der Waals surface area contributed by atoms with Crippen molar-refractivity contribution in [3.05, 3.63) is 28.2 Å². The maximum Gasteiger partial charge on any atom is 0.324 e. The second kappa shape index (κ2) is 5.21. The molecule has 0 radical (unpaired) electrons. The van der Waals surface area contributed by atoms with E-state index in [1.165, 1.54) is 6.07 Å². The zero-order valence-corrected chi connectivity index (χ0v) is 9.13. The molecular formula is C9H9Cl2NO3. The summed E-state index contributed by atoms with van der Waals surface area (Å²) in [7, 11) is 0. The van der Waals surface area contributed by atoms with Crippen LogP contribution in [0.4, 0.5) is 0 Å². The highest BCUT2D eigenvalue weighted by Gasteiger charge is 2.12. The topological polar surface area (TPSA) is 72.5 Å². The highest BCUT2D eigenvalue weighted by atomic mass is 35.5. The van der Waals surface area contributed by atoms with Gasteiger partial charge in [0.25, 0.3) is 0 Å². The van der Waals surface area contributed by atoms with Crippen LogP contribution >= 0.6 is 23.2 Å². The van der Waals surface area contributed by atoms with E-state index in [2.05, 4.69) is 0 Å². The summed E-state index contributed by atoms with van der Waals surface area (Å²) in [5.74, 6) is -0.684. The summed E-state index contributed by atoms with van der Waals surface area (Å²) < 4.78 is 5.12. The number of carboxylic acid groups (broad SMARTS) is 1. The van der Waals surface area contributed by atoms with Gasteiger partial charge < -0.3 is 15.6 Å². The third-order valence-corrected chi connectivity index (χ3v) is 2.38. The molecule has 15 heavy (non-hydrogen) atoms. The number of halogens is 2. The molecule has 1 atom stereocenters. The molecule has 0 heterocycles. The van der Waals surface area contributed by atoms with Crippen molar-refractivity contribution in [2.24, 2.45) is 5.73 Å². The van der Waals surface area contributed by atoms with Crippen molar-refractivity contribution in [3.63, 3.8) is 0 Å². The van der Waals surface area contributed by atoms with Gasteiger partial charge >= 0.3 is 5.97 Å². The van der Waals surface area contributed by atoms with E-state index in [4.69, 9.17) is 38.8 Å². The van der Waals surface area contributed by atoms with E-state index in [-0.39, 0.29) is 6.61 Å². The highest BCUT2D eigenvalue weighted by Crippen LogP contribution is 2.26. The van der Waals surface area contributed by atoms with Crippen LogP contribution in [0.2, 0.25) is 10.0 Å². The fourth-order valence-corrected chi connectivity index (χ4v) is 1.11. The summed E-state index contributed by atoms with van der Waals surface area (Å²) in [6.45, 7) is -0.118. The largest absolute Gasteiger partial charge is 0.491 e. The molecule has 0 saturated heterocycles. The lowest BCUT2D eigenvalue weighted by Crippen LogP contribution is -2.36. The summed E-state index contributed by atoms with van der Waals surface area (Å²) in [6, 6.07) is 3.59. The number of hydrogen-bond acceptors (Lipinski definition) is 3. The van der Waals surface area contributed by atoms with Crippen LogP contribution in [0.3, 0.4) is 0 Å². The van der Waals surface area contributed by atoms with Crippen molar-refractivity contribution < 1.29 is 14.6 Å². The molecule has 1 aromatic carbocycles. The Morgan fingerprint density at radius 1 is 1.47 bits per heavy atom. The van der Waals surface area contributed by atoms with E-state index in [0.29, 0.717) is 15.8 Å². The molecule has 0 fully saturated rings. The minimum Gasteiger partial charge on any atom is -0.491 e. The van der Waals surface area contributed by atoms with E-state index in [1.54, 1.807) is 12.1 Å². The number of benzene rings is 1. The zero-order chi connectivity index (χ0) is 11.4. The highest BCUT2D eigenvalue weighted by molar-refractivity contribution is 6.42. The molecule has 1 rings (SSSR count). The molecule has 1 aromatic rings. The molecule has 1 unspecified atom stereocenters. The Morgan fingerprint density at radius 3 is 2.67 bits per heavy atom. The number of carboxylic acids is 1. The molecule has 0 aliphatic rings. The fraction of sp³-hybridized carbons (Fsp3) is 0.222. The Balaban J connectivity index is 2.58. The lowest BCUT2D eigenvalue weighted by Gasteiger charge is -2.09. The summed E-state index contributed by atoms with van der Waals surface area (Å²) >= 11 is 11.4. The van der Waals surface area contributed by atoms with E-state index in [0.717, 1.165) is 0 Å². The predicted molar refractivity (Wildman–Crippen MR) is 57.6 cm³/mol. The molecular weight excluding hydrogens is 241 g/mol. The first-order valence-corrected chi connectivity index (χ1v) is 4.82. The number of nitrogens with two attached hydrogens (primary N) is 1. The first-order valence-electron chi connectivity index (χ1n) is 4.07. The zero-order valence-electron chi connectivity index (χ0n) is 7.61. The second-order valence-electron chi connectivity index (χ2n) is 2.83. The van der Waals surface area contributed by atoms with E-state index >= 15 is 0 Å². The van der Waals surface area contributed by atoms with E-state index in [9.17, 15) is 4.79 Å². The van der Waals surface area contributed by atoms with Crippen LogP contribution in [-0.4, -0.2) is 23.7 Å². The van der Waals surface area contributed by atoms with Gasteiger partial charge in [-0.25, -0.2) is 0 Å². The van der Waals surface area contributed by atoms with Crippen LogP contribution in [0.15, 0.2) is 18.2 Å². The third-order valence-electron chi connectivity index (χ3n) is 1.64. The summed E-state index contributed by atoms with van der Waals surface area (Å²) in [4.78, 5) is 10.4. The Morgan fingerprint density at radius 2 is 2.13 bits per heavy atom. The lowest BCUT2D eigenvalue weighted by atomic mass is 10.3. The van der Waals surface area contributed by atoms with E-state index < -0.39 is 12.0 Å². The van der Waals surface area contributed by atoms with Gasteiger partial charge in [-0.05, 0) is 12.1 Å². The van der Waals surface area contributed by atoms with Crippen molar-refractivity contribution >= 4 is 29.2 Å². The SMILES string of the molecule is NC(COc1ccc(Cl)c(Cl)c1)C(=O)O. The lowest BCUT2D eigenvalue weighted by molar-refractivity contribution is -0.139. The molecule has 0 saturated carbocycles. The van der Waals surface area contributed by atoms with Gasteiger partial charge in [0.15, 0.2) is 0 Å². The quantitative estimate of drug-likeness (QED) is 0.854. The maximum absolute atomic E-state index is 10.4. The number of aliphatic carboxylic acids is 1. The standard InChI is InChI=1S/C9H9Cl2NO3/c10-6-2-1-5(3-7(6)11)15-4-8(12)9(13)14/h1-3,8H,4,12H2,(H,13,14). The van der Waals surface area contributed by atoms with Crippen molar-refractivity contribution in [1.82, 2.24) is 0 Å². The molecule has 0 amide bonds. The van der Waals surface area contributed by atoms with E-state index in [1.807, 2.05) is 0 Å². The Labute approximate surface area is 96.5 Å². The summed E-state index contributed by atoms with van der Waals surface area (Å²) in [5.41, 5.74) is 5.25. The van der Waals surface area contributed by atoms with Gasteiger partial charge in [-0.2, -0.15) is 0 Å². The fourth-order valence-electron chi connectivity index (χ4n) is 0.824. The van der Waals surface area contributed by atoms with Crippen molar-refractivity contribution in [2.75, 3.05) is 6.61 Å². The number of ether oxygens (including phenoxy) is 1. The molecule has 3 N–H and O–H groups in total.